The number of pyridine rings is 1. The maximum Gasteiger partial charge on any atom is 0.263 e. The van der Waals surface area contributed by atoms with Gasteiger partial charge in [-0.1, -0.05) is 24.3 Å². The summed E-state index contributed by atoms with van der Waals surface area (Å²) in [7, 11) is -4.11. The minimum absolute atomic E-state index is 0.0784. The average molecular weight is 581 g/mol. The number of benzene rings is 2. The van der Waals surface area contributed by atoms with Crippen molar-refractivity contribution in [2.24, 2.45) is 0 Å². The van der Waals surface area contributed by atoms with Crippen LogP contribution in [0, 0.1) is 12.7 Å². The third kappa shape index (κ3) is 6.63. The number of aromatic amines is 1. The Hall–Kier alpha value is -4.30. The van der Waals surface area contributed by atoms with E-state index in [-0.39, 0.29) is 10.7 Å². The smallest absolute Gasteiger partial charge is 0.263 e. The largest absolute Gasteiger partial charge is 0.494 e. The van der Waals surface area contributed by atoms with Gasteiger partial charge in [0, 0.05) is 18.4 Å². The van der Waals surface area contributed by atoms with Crippen molar-refractivity contribution in [1.82, 2.24) is 35.4 Å². The topological polar surface area (TPSA) is 141 Å². The molecule has 5 rings (SSSR count). The van der Waals surface area contributed by atoms with Gasteiger partial charge in [-0.15, -0.1) is 22.0 Å². The van der Waals surface area contributed by atoms with Crippen LogP contribution in [0.2, 0.25) is 0 Å². The van der Waals surface area contributed by atoms with Crippen molar-refractivity contribution >= 4 is 27.6 Å². The Morgan fingerprint density at radius 2 is 1.98 bits per heavy atom. The van der Waals surface area contributed by atoms with Gasteiger partial charge in [-0.3, -0.25) is 14.8 Å². The van der Waals surface area contributed by atoms with Crippen LogP contribution in [0.5, 0.6) is 5.75 Å². The lowest BCUT2D eigenvalue weighted by Crippen LogP contribution is -2.15. The highest BCUT2D eigenvalue weighted by atomic mass is 32.2. The van der Waals surface area contributed by atoms with Crippen molar-refractivity contribution in [3.8, 4) is 17.0 Å². The molecule has 0 unspecified atom stereocenters. The SMILES string of the molecule is Cc1ccc(F)cc1S(=O)(=O)Nc1n[nH]c(SCc2ccc(OCCCn3ncnn3)cc2)c1-c1ccccn1. The molecule has 2 aromatic carbocycles. The van der Waals surface area contributed by atoms with Crippen LogP contribution in [0.4, 0.5) is 10.2 Å². The lowest BCUT2D eigenvalue weighted by Gasteiger charge is -2.11. The summed E-state index contributed by atoms with van der Waals surface area (Å²) in [6.07, 6.45) is 3.76. The van der Waals surface area contributed by atoms with Crippen LogP contribution in [0.3, 0.4) is 0 Å². The Labute approximate surface area is 234 Å². The number of rotatable bonds is 12. The molecule has 11 nitrogen and oxygen atoms in total. The van der Waals surface area contributed by atoms with Gasteiger partial charge < -0.3 is 4.74 Å². The molecule has 0 aliphatic rings. The van der Waals surface area contributed by atoms with E-state index in [2.05, 4.69) is 35.3 Å². The first-order chi connectivity index (χ1) is 19.4. The minimum Gasteiger partial charge on any atom is -0.494 e. The first-order valence-corrected chi connectivity index (χ1v) is 14.7. The van der Waals surface area contributed by atoms with E-state index < -0.39 is 15.8 Å². The van der Waals surface area contributed by atoms with Gasteiger partial charge in [-0.2, -0.15) is 9.90 Å². The predicted molar refractivity (Wildman–Crippen MR) is 148 cm³/mol. The Kier molecular flexibility index (Phi) is 8.36. The average Bonchev–Trinajstić information content (AvgIpc) is 3.62. The highest BCUT2D eigenvalue weighted by molar-refractivity contribution is 7.98. The summed E-state index contributed by atoms with van der Waals surface area (Å²) in [5.41, 5.74) is 2.49. The molecule has 0 fully saturated rings. The highest BCUT2D eigenvalue weighted by Gasteiger charge is 2.24. The summed E-state index contributed by atoms with van der Waals surface area (Å²) >= 11 is 1.45. The molecular formula is C26H25FN8O3S2. The molecule has 2 N–H and O–H groups in total. The van der Waals surface area contributed by atoms with E-state index >= 15 is 0 Å². The molecule has 0 aliphatic heterocycles. The van der Waals surface area contributed by atoms with Crippen molar-refractivity contribution < 1.29 is 17.5 Å². The number of hydrogen-bond donors (Lipinski definition) is 2. The second-order valence-corrected chi connectivity index (χ2v) is 11.3. The second-order valence-electron chi connectivity index (χ2n) is 8.67. The molecule has 5 aromatic rings. The molecule has 0 amide bonds. The van der Waals surface area contributed by atoms with Gasteiger partial charge in [0.2, 0.25) is 0 Å². The number of aromatic nitrogens is 7. The zero-order chi connectivity index (χ0) is 28.0. The van der Waals surface area contributed by atoms with Gasteiger partial charge in [0.25, 0.3) is 10.0 Å². The molecule has 0 spiro atoms. The highest BCUT2D eigenvalue weighted by Crippen LogP contribution is 2.37. The number of nitrogens with zero attached hydrogens (tertiary/aromatic N) is 6. The molecule has 0 saturated heterocycles. The maximum atomic E-state index is 13.8. The summed E-state index contributed by atoms with van der Waals surface area (Å²) in [6, 6.07) is 16.7. The van der Waals surface area contributed by atoms with E-state index in [9.17, 15) is 12.8 Å². The molecule has 3 heterocycles. The number of thioether (sulfide) groups is 1. The van der Waals surface area contributed by atoms with E-state index in [4.69, 9.17) is 4.74 Å². The van der Waals surface area contributed by atoms with Crippen molar-refractivity contribution in [2.45, 2.75) is 35.6 Å². The van der Waals surface area contributed by atoms with Gasteiger partial charge in [0.05, 0.1) is 29.3 Å². The third-order valence-electron chi connectivity index (χ3n) is 5.79. The summed E-state index contributed by atoms with van der Waals surface area (Å²) in [4.78, 5) is 5.75. The van der Waals surface area contributed by atoms with Crippen LogP contribution < -0.4 is 9.46 Å². The molecular weight excluding hydrogens is 555 g/mol. The zero-order valence-corrected chi connectivity index (χ0v) is 23.0. The molecule has 40 heavy (non-hydrogen) atoms. The summed E-state index contributed by atoms with van der Waals surface area (Å²) in [6.45, 7) is 2.74. The molecule has 14 heteroatoms. The zero-order valence-electron chi connectivity index (χ0n) is 21.4. The molecule has 0 saturated carbocycles. The number of nitrogens with one attached hydrogen (secondary N) is 2. The third-order valence-corrected chi connectivity index (χ3v) is 8.34. The fraction of sp³-hybridized carbons (Fsp3) is 0.192. The van der Waals surface area contributed by atoms with Crippen LogP contribution in [-0.4, -0.2) is 50.4 Å². The monoisotopic (exact) mass is 580 g/mol. The number of H-pyrrole nitrogens is 1. The van der Waals surface area contributed by atoms with Gasteiger partial charge in [-0.25, -0.2) is 12.8 Å². The van der Waals surface area contributed by atoms with Crippen LogP contribution in [-0.2, 0) is 22.3 Å². The lowest BCUT2D eigenvalue weighted by atomic mass is 10.2. The van der Waals surface area contributed by atoms with Crippen LogP contribution >= 0.6 is 11.8 Å². The van der Waals surface area contributed by atoms with Crippen molar-refractivity contribution in [3.63, 3.8) is 0 Å². The van der Waals surface area contributed by atoms with Crippen LogP contribution in [0.15, 0.2) is 83.1 Å². The molecule has 0 bridgehead atoms. The predicted octanol–water partition coefficient (Wildman–Crippen LogP) is 4.47. The van der Waals surface area contributed by atoms with Crippen molar-refractivity contribution in [3.05, 3.63) is 90.1 Å². The molecule has 0 atom stereocenters. The summed E-state index contributed by atoms with van der Waals surface area (Å²) in [5.74, 6) is 0.764. The fourth-order valence-corrected chi connectivity index (χ4v) is 6.05. The van der Waals surface area contributed by atoms with E-state index in [0.29, 0.717) is 40.8 Å². The van der Waals surface area contributed by atoms with Crippen LogP contribution in [0.25, 0.3) is 11.3 Å². The van der Waals surface area contributed by atoms with Crippen LogP contribution in [0.1, 0.15) is 17.5 Å². The molecule has 206 valence electrons. The number of anilines is 1. The first-order valence-electron chi connectivity index (χ1n) is 12.2. The van der Waals surface area contributed by atoms with Gasteiger partial charge in [0.1, 0.15) is 16.6 Å². The van der Waals surface area contributed by atoms with E-state index in [1.165, 1.54) is 35.0 Å². The van der Waals surface area contributed by atoms with E-state index in [0.717, 1.165) is 23.8 Å². The first kappa shape index (κ1) is 27.3. The normalized spacial score (nSPS) is 11.4. The lowest BCUT2D eigenvalue weighted by molar-refractivity contribution is 0.293. The fourth-order valence-electron chi connectivity index (χ4n) is 3.82. The standard InChI is InChI=1S/C26H25FN8O3S2/c1-18-6-9-20(27)15-23(18)40(36,37)33-25-24(22-5-2-3-12-28-22)26(32-31-25)39-16-19-7-10-21(11-8-19)38-14-4-13-35-30-17-29-34-35/h2-3,5-12,15,17H,4,13-14,16H2,1H3,(H2,31,32,33). The quantitative estimate of drug-likeness (QED) is 0.162. The maximum absolute atomic E-state index is 13.8. The van der Waals surface area contributed by atoms with E-state index in [1.54, 1.807) is 31.3 Å². The Balaban J connectivity index is 1.28. The number of sulfonamides is 1. The number of ether oxygens (including phenoxy) is 1. The number of tetrazole rings is 1. The van der Waals surface area contributed by atoms with Crippen molar-refractivity contribution in [1.29, 1.82) is 0 Å². The van der Waals surface area contributed by atoms with Gasteiger partial charge in [-0.05, 0) is 59.7 Å². The minimum atomic E-state index is -4.11. The summed E-state index contributed by atoms with van der Waals surface area (Å²) in [5, 5.41) is 19.3. The summed E-state index contributed by atoms with van der Waals surface area (Å²) < 4.78 is 48.4. The molecule has 0 radical (unpaired) electrons. The van der Waals surface area contributed by atoms with E-state index in [1.807, 2.05) is 24.3 Å². The number of halogens is 1. The number of hydrogen-bond acceptors (Lipinski definition) is 9. The second kappa shape index (κ2) is 12.3. The van der Waals surface area contributed by atoms with Gasteiger partial charge >= 0.3 is 0 Å². The molecule has 0 aliphatic carbocycles. The Bertz CT molecular complexity index is 1660. The Morgan fingerprint density at radius 3 is 2.73 bits per heavy atom. The number of aryl methyl sites for hydroxylation is 2. The van der Waals surface area contributed by atoms with Gasteiger partial charge in [0.15, 0.2) is 12.1 Å². The molecule has 3 aromatic heterocycles. The Morgan fingerprint density at radius 1 is 1.12 bits per heavy atom. The van der Waals surface area contributed by atoms with Crippen molar-refractivity contribution in [2.75, 3.05) is 11.3 Å².